The smallest absolute Gasteiger partial charge is 0.261 e. The molecule has 0 bridgehead atoms. The molecule has 6 heteroatoms. The van der Waals surface area contributed by atoms with Crippen LogP contribution in [0.5, 0.6) is 5.75 Å². The van der Waals surface area contributed by atoms with Crippen LogP contribution >= 0.6 is 0 Å². The van der Waals surface area contributed by atoms with E-state index in [0.717, 1.165) is 22.4 Å². The zero-order valence-corrected chi connectivity index (χ0v) is 18.1. The predicted molar refractivity (Wildman–Crippen MR) is 111 cm³/mol. The Morgan fingerprint density at radius 1 is 1.00 bits per heavy atom. The lowest BCUT2D eigenvalue weighted by Gasteiger charge is -2.21. The highest BCUT2D eigenvalue weighted by Crippen LogP contribution is 2.28. The number of rotatable bonds is 7. The minimum absolute atomic E-state index is 0.226. The second-order valence-corrected chi connectivity index (χ2v) is 9.54. The van der Waals surface area contributed by atoms with E-state index in [2.05, 4.69) is 19.2 Å². The molecule has 0 aromatic heterocycles. The van der Waals surface area contributed by atoms with Gasteiger partial charge in [0.25, 0.3) is 5.91 Å². The molecule has 0 aliphatic rings. The van der Waals surface area contributed by atoms with Gasteiger partial charge in [-0.05, 0) is 61.6 Å². The summed E-state index contributed by atoms with van der Waals surface area (Å²) >= 11 is 0. The number of carbonyl (C=O) groups excluding carboxylic acids is 1. The van der Waals surface area contributed by atoms with Crippen LogP contribution in [0.25, 0.3) is 0 Å². The topological polar surface area (TPSA) is 72.5 Å². The Bertz CT molecular complexity index is 934. The Kier molecular flexibility index (Phi) is 6.88. The normalized spacial score (nSPS) is 13.8. The second-order valence-electron chi connectivity index (χ2n) is 7.53. The van der Waals surface area contributed by atoms with Crippen LogP contribution in [0, 0.1) is 6.92 Å². The molecule has 2 aromatic carbocycles. The first-order valence-corrected chi connectivity index (χ1v) is 11.3. The Morgan fingerprint density at radius 3 is 2.14 bits per heavy atom. The number of carbonyl (C=O) groups is 1. The van der Waals surface area contributed by atoms with Crippen molar-refractivity contribution < 1.29 is 17.9 Å². The molecular weight excluding hydrogens is 374 g/mol. The lowest BCUT2D eigenvalue weighted by atomic mass is 10.0. The van der Waals surface area contributed by atoms with Crippen LogP contribution in [-0.2, 0) is 14.6 Å². The van der Waals surface area contributed by atoms with Crippen molar-refractivity contribution in [2.75, 3.05) is 6.26 Å². The molecule has 0 spiro atoms. The quantitative estimate of drug-likeness (QED) is 0.753. The van der Waals surface area contributed by atoms with Gasteiger partial charge in [0, 0.05) is 6.26 Å². The number of sulfone groups is 1. The van der Waals surface area contributed by atoms with Crippen molar-refractivity contribution in [1.29, 1.82) is 0 Å². The third-order valence-electron chi connectivity index (χ3n) is 4.63. The number of ether oxygens (including phenoxy) is 1. The van der Waals surface area contributed by atoms with E-state index >= 15 is 0 Å². The van der Waals surface area contributed by atoms with Crippen molar-refractivity contribution in [3.8, 4) is 5.75 Å². The third kappa shape index (κ3) is 5.58. The van der Waals surface area contributed by atoms with Crippen LogP contribution in [-0.4, -0.2) is 26.7 Å². The van der Waals surface area contributed by atoms with Crippen molar-refractivity contribution >= 4 is 15.7 Å². The molecule has 0 heterocycles. The van der Waals surface area contributed by atoms with Crippen LogP contribution in [0.1, 0.15) is 56.3 Å². The van der Waals surface area contributed by atoms with E-state index in [-0.39, 0.29) is 22.8 Å². The van der Waals surface area contributed by atoms with Crippen molar-refractivity contribution in [2.24, 2.45) is 0 Å². The summed E-state index contributed by atoms with van der Waals surface area (Å²) < 4.78 is 29.1. The first-order valence-electron chi connectivity index (χ1n) is 9.36. The first kappa shape index (κ1) is 22.0. The minimum atomic E-state index is -3.24. The summed E-state index contributed by atoms with van der Waals surface area (Å²) in [6.45, 7) is 9.74. The zero-order chi connectivity index (χ0) is 21.1. The Hall–Kier alpha value is -2.34. The minimum Gasteiger partial charge on any atom is -0.481 e. The maximum absolute atomic E-state index is 12.6. The standard InChI is InChI=1S/C22H29NO4S/c1-14(2)20-12-7-15(3)13-21(20)27-17(5)22(24)23-16(4)18-8-10-19(11-9-18)28(6,25)26/h7-14,16-17H,1-6H3,(H,23,24)/t16-,17-/m1/s1. The Labute approximate surface area is 168 Å². The van der Waals surface area contributed by atoms with Crippen molar-refractivity contribution in [3.63, 3.8) is 0 Å². The molecule has 0 aliphatic heterocycles. The van der Waals surface area contributed by atoms with Gasteiger partial charge < -0.3 is 10.1 Å². The predicted octanol–water partition coefficient (Wildman–Crippen LogP) is 4.17. The third-order valence-corrected chi connectivity index (χ3v) is 5.76. The molecule has 0 fully saturated rings. The average Bonchev–Trinajstić information content (AvgIpc) is 2.60. The summed E-state index contributed by atoms with van der Waals surface area (Å²) in [5, 5.41) is 2.92. The van der Waals surface area contributed by atoms with E-state index in [0.29, 0.717) is 0 Å². The fourth-order valence-electron chi connectivity index (χ4n) is 2.88. The number of benzene rings is 2. The van der Waals surface area contributed by atoms with Gasteiger partial charge >= 0.3 is 0 Å². The highest BCUT2D eigenvalue weighted by atomic mass is 32.2. The molecular formula is C22H29NO4S. The fraction of sp³-hybridized carbons (Fsp3) is 0.409. The molecule has 0 unspecified atom stereocenters. The van der Waals surface area contributed by atoms with E-state index in [1.165, 1.54) is 6.26 Å². The number of nitrogens with one attached hydrogen (secondary N) is 1. The van der Waals surface area contributed by atoms with Crippen LogP contribution < -0.4 is 10.1 Å². The van der Waals surface area contributed by atoms with Gasteiger partial charge in [0.05, 0.1) is 10.9 Å². The molecule has 1 amide bonds. The van der Waals surface area contributed by atoms with Gasteiger partial charge in [0.2, 0.25) is 0 Å². The largest absolute Gasteiger partial charge is 0.481 e. The van der Waals surface area contributed by atoms with Crippen LogP contribution in [0.3, 0.4) is 0 Å². The van der Waals surface area contributed by atoms with E-state index < -0.39 is 15.9 Å². The van der Waals surface area contributed by atoms with Crippen molar-refractivity contribution in [1.82, 2.24) is 5.32 Å². The summed E-state index contributed by atoms with van der Waals surface area (Å²) in [4.78, 5) is 12.8. The van der Waals surface area contributed by atoms with E-state index in [1.807, 2.05) is 32.0 Å². The Morgan fingerprint density at radius 2 is 1.61 bits per heavy atom. The van der Waals surface area contributed by atoms with E-state index in [4.69, 9.17) is 4.74 Å². The van der Waals surface area contributed by atoms with Gasteiger partial charge in [-0.15, -0.1) is 0 Å². The van der Waals surface area contributed by atoms with Crippen LogP contribution in [0.2, 0.25) is 0 Å². The lowest BCUT2D eigenvalue weighted by Crippen LogP contribution is -2.38. The summed E-state index contributed by atoms with van der Waals surface area (Å²) in [5.41, 5.74) is 2.97. The number of aryl methyl sites for hydroxylation is 1. The second kappa shape index (κ2) is 8.78. The highest BCUT2D eigenvalue weighted by molar-refractivity contribution is 7.90. The first-order chi connectivity index (χ1) is 13.0. The lowest BCUT2D eigenvalue weighted by molar-refractivity contribution is -0.127. The van der Waals surface area contributed by atoms with Gasteiger partial charge in [-0.25, -0.2) is 8.42 Å². The number of amides is 1. The molecule has 2 aromatic rings. The molecule has 152 valence electrons. The van der Waals surface area contributed by atoms with Crippen molar-refractivity contribution in [3.05, 3.63) is 59.2 Å². The molecule has 0 saturated heterocycles. The summed E-state index contributed by atoms with van der Waals surface area (Å²) in [5.74, 6) is 0.789. The molecule has 0 aliphatic carbocycles. The van der Waals surface area contributed by atoms with Crippen molar-refractivity contribution in [2.45, 2.75) is 57.6 Å². The Balaban J connectivity index is 2.07. The SMILES string of the molecule is Cc1ccc(C(C)C)c(O[C@H](C)C(=O)N[C@H](C)c2ccc(S(C)(=O)=O)cc2)c1. The van der Waals surface area contributed by atoms with E-state index in [1.54, 1.807) is 31.2 Å². The van der Waals surface area contributed by atoms with Crippen LogP contribution in [0.15, 0.2) is 47.4 Å². The molecule has 0 saturated carbocycles. The molecule has 2 rings (SSSR count). The summed E-state index contributed by atoms with van der Waals surface area (Å²) in [6, 6.07) is 12.3. The number of hydrogen-bond donors (Lipinski definition) is 1. The molecule has 28 heavy (non-hydrogen) atoms. The molecule has 2 atom stereocenters. The van der Waals surface area contributed by atoms with Gasteiger partial charge in [0.1, 0.15) is 5.75 Å². The fourth-order valence-corrected chi connectivity index (χ4v) is 3.51. The molecule has 1 N–H and O–H groups in total. The van der Waals surface area contributed by atoms with Crippen LogP contribution in [0.4, 0.5) is 0 Å². The van der Waals surface area contributed by atoms with Gasteiger partial charge in [-0.3, -0.25) is 4.79 Å². The maximum atomic E-state index is 12.6. The van der Waals surface area contributed by atoms with Gasteiger partial charge in [0.15, 0.2) is 15.9 Å². The zero-order valence-electron chi connectivity index (χ0n) is 17.3. The van der Waals surface area contributed by atoms with Gasteiger partial charge in [-0.2, -0.15) is 0 Å². The van der Waals surface area contributed by atoms with Gasteiger partial charge in [-0.1, -0.05) is 38.1 Å². The summed E-state index contributed by atoms with van der Waals surface area (Å²) in [6.07, 6.45) is 0.514. The summed E-state index contributed by atoms with van der Waals surface area (Å²) in [7, 11) is -3.24. The van der Waals surface area contributed by atoms with E-state index in [9.17, 15) is 13.2 Å². The maximum Gasteiger partial charge on any atom is 0.261 e. The molecule has 5 nitrogen and oxygen atoms in total. The highest BCUT2D eigenvalue weighted by Gasteiger charge is 2.20. The number of hydrogen-bond acceptors (Lipinski definition) is 4. The monoisotopic (exact) mass is 403 g/mol. The molecule has 0 radical (unpaired) electrons. The average molecular weight is 404 g/mol.